The zero-order valence-corrected chi connectivity index (χ0v) is 10.4. The number of nitrogens with zero attached hydrogens (tertiary/aromatic N) is 6. The minimum atomic E-state index is -0.813. The van der Waals surface area contributed by atoms with Gasteiger partial charge in [0, 0.05) is 17.7 Å². The Kier molecular flexibility index (Phi) is 3.04. The zero-order valence-electron chi connectivity index (χ0n) is 10.4. The molecule has 0 unspecified atom stereocenters. The Morgan fingerprint density at radius 2 is 2.05 bits per heavy atom. The Morgan fingerprint density at radius 1 is 1.25 bits per heavy atom. The number of carboxylic acids is 1. The highest BCUT2D eigenvalue weighted by Gasteiger charge is 2.07. The molecule has 0 amide bonds. The Hall–Kier alpha value is -2.90. The van der Waals surface area contributed by atoms with Crippen LogP contribution >= 0.6 is 0 Å². The molecule has 0 bridgehead atoms. The van der Waals surface area contributed by atoms with E-state index in [0.717, 1.165) is 11.3 Å². The molecule has 1 N–H and O–H groups in total. The van der Waals surface area contributed by atoms with Gasteiger partial charge in [0.2, 0.25) is 0 Å². The quantitative estimate of drug-likeness (QED) is 0.668. The Labute approximate surface area is 113 Å². The van der Waals surface area contributed by atoms with Crippen LogP contribution in [-0.2, 0) is 11.3 Å². The van der Waals surface area contributed by atoms with E-state index in [9.17, 15) is 4.79 Å². The molecular formula is C12H11N6O2+. The lowest BCUT2D eigenvalue weighted by Crippen LogP contribution is -2.33. The molecule has 8 nitrogen and oxygen atoms in total. The van der Waals surface area contributed by atoms with Crippen molar-refractivity contribution < 1.29 is 14.5 Å². The molecule has 0 atom stereocenters. The smallest absolute Gasteiger partial charge is 0.309 e. The van der Waals surface area contributed by atoms with Gasteiger partial charge in [0.15, 0.2) is 24.6 Å². The molecule has 0 aliphatic heterocycles. The molecule has 0 aromatic carbocycles. The van der Waals surface area contributed by atoms with Crippen molar-refractivity contribution in [1.82, 2.24) is 25.3 Å². The van der Waals surface area contributed by atoms with Gasteiger partial charge in [-0.05, 0) is 22.6 Å². The summed E-state index contributed by atoms with van der Waals surface area (Å²) in [5, 5.41) is 24.0. The standard InChI is InChI=1S/C12H10N6O2/c19-12(20)5-8-17-6-3-9(4-7-17)10-1-2-11-13-15-16-18(11)14-10/h1-4,6-7H,5,8H2/p+1. The number of rotatable bonds is 4. The van der Waals surface area contributed by atoms with E-state index >= 15 is 0 Å². The highest BCUT2D eigenvalue weighted by Crippen LogP contribution is 2.14. The van der Waals surface area contributed by atoms with Gasteiger partial charge in [-0.1, -0.05) is 0 Å². The maximum atomic E-state index is 10.5. The van der Waals surface area contributed by atoms with Crippen molar-refractivity contribution in [1.29, 1.82) is 0 Å². The largest absolute Gasteiger partial charge is 0.481 e. The number of carbonyl (C=O) groups is 1. The van der Waals surface area contributed by atoms with Crippen LogP contribution in [0.1, 0.15) is 6.42 Å². The number of carboxylic acid groups (broad SMARTS) is 1. The van der Waals surface area contributed by atoms with Crippen LogP contribution in [0.5, 0.6) is 0 Å². The molecule has 3 aromatic heterocycles. The van der Waals surface area contributed by atoms with Crippen LogP contribution in [0.4, 0.5) is 0 Å². The van der Waals surface area contributed by atoms with Crippen molar-refractivity contribution in [3.63, 3.8) is 0 Å². The molecule has 20 heavy (non-hydrogen) atoms. The Morgan fingerprint density at radius 3 is 2.80 bits per heavy atom. The summed E-state index contributed by atoms with van der Waals surface area (Å²) in [7, 11) is 0. The highest BCUT2D eigenvalue weighted by atomic mass is 16.4. The zero-order chi connectivity index (χ0) is 13.9. The maximum Gasteiger partial charge on any atom is 0.309 e. The predicted molar refractivity (Wildman–Crippen MR) is 66.5 cm³/mol. The normalized spacial score (nSPS) is 10.8. The first-order valence-electron chi connectivity index (χ1n) is 5.99. The summed E-state index contributed by atoms with van der Waals surface area (Å²) in [6.07, 6.45) is 3.74. The van der Waals surface area contributed by atoms with Crippen LogP contribution in [0.25, 0.3) is 16.9 Å². The van der Waals surface area contributed by atoms with Gasteiger partial charge in [-0.3, -0.25) is 4.79 Å². The summed E-state index contributed by atoms with van der Waals surface area (Å²) in [6.45, 7) is 0.440. The lowest BCUT2D eigenvalue weighted by atomic mass is 10.2. The lowest BCUT2D eigenvalue weighted by Gasteiger charge is -2.00. The number of pyridine rings is 1. The van der Waals surface area contributed by atoms with Crippen LogP contribution < -0.4 is 4.57 Å². The third kappa shape index (κ3) is 2.44. The van der Waals surface area contributed by atoms with Gasteiger partial charge in [-0.15, -0.1) is 14.8 Å². The summed E-state index contributed by atoms with van der Waals surface area (Å²) >= 11 is 0. The van der Waals surface area contributed by atoms with Crippen LogP contribution in [0.15, 0.2) is 36.7 Å². The second kappa shape index (κ2) is 5.00. The summed E-state index contributed by atoms with van der Waals surface area (Å²) in [5.74, 6) is -0.813. The van der Waals surface area contributed by atoms with Gasteiger partial charge in [0.05, 0.1) is 5.69 Å². The van der Waals surface area contributed by atoms with Crippen molar-refractivity contribution >= 4 is 11.6 Å². The van der Waals surface area contributed by atoms with E-state index in [1.807, 2.05) is 35.2 Å². The molecule has 0 fully saturated rings. The SMILES string of the molecule is O=C(O)CC[n+]1ccc(-c2ccc3nnnn3n2)cc1. The molecule has 3 aromatic rings. The minimum Gasteiger partial charge on any atom is -0.481 e. The third-order valence-corrected chi connectivity index (χ3v) is 2.84. The molecular weight excluding hydrogens is 260 g/mol. The fraction of sp³-hybridized carbons (Fsp3) is 0.167. The first-order chi connectivity index (χ1) is 9.72. The van der Waals surface area contributed by atoms with E-state index in [1.54, 1.807) is 6.07 Å². The van der Waals surface area contributed by atoms with E-state index in [4.69, 9.17) is 5.11 Å². The molecule has 8 heteroatoms. The second-order valence-electron chi connectivity index (χ2n) is 4.21. The summed E-state index contributed by atoms with van der Waals surface area (Å²) in [5.41, 5.74) is 2.24. The molecule has 3 heterocycles. The van der Waals surface area contributed by atoms with Crippen LogP contribution in [-0.4, -0.2) is 36.3 Å². The molecule has 3 rings (SSSR count). The van der Waals surface area contributed by atoms with E-state index in [-0.39, 0.29) is 6.42 Å². The van der Waals surface area contributed by atoms with Gasteiger partial charge in [-0.25, -0.2) is 4.57 Å². The predicted octanol–water partition coefficient (Wildman–Crippen LogP) is -0.0515. The highest BCUT2D eigenvalue weighted by molar-refractivity contribution is 5.66. The number of tetrazole rings is 1. The number of hydrogen-bond donors (Lipinski definition) is 1. The molecule has 0 aliphatic rings. The van der Waals surface area contributed by atoms with E-state index in [0.29, 0.717) is 12.2 Å². The maximum absolute atomic E-state index is 10.5. The first kappa shape index (κ1) is 12.2. The van der Waals surface area contributed by atoms with Gasteiger partial charge in [-0.2, -0.15) is 0 Å². The minimum absolute atomic E-state index is 0.0961. The van der Waals surface area contributed by atoms with E-state index in [2.05, 4.69) is 20.6 Å². The number of aromatic nitrogens is 6. The van der Waals surface area contributed by atoms with Crippen LogP contribution in [0, 0.1) is 0 Å². The molecule has 0 radical (unpaired) electrons. The number of fused-ring (bicyclic) bond motifs is 1. The van der Waals surface area contributed by atoms with E-state index in [1.165, 1.54) is 4.63 Å². The summed E-state index contributed by atoms with van der Waals surface area (Å²) in [6, 6.07) is 7.37. The fourth-order valence-corrected chi connectivity index (χ4v) is 1.81. The van der Waals surface area contributed by atoms with Gasteiger partial charge < -0.3 is 5.11 Å². The van der Waals surface area contributed by atoms with E-state index < -0.39 is 5.97 Å². The Balaban J connectivity index is 1.84. The first-order valence-corrected chi connectivity index (χ1v) is 5.99. The average Bonchev–Trinajstić information content (AvgIpc) is 2.93. The number of hydrogen-bond acceptors (Lipinski definition) is 5. The van der Waals surface area contributed by atoms with Crippen LogP contribution in [0.3, 0.4) is 0 Å². The molecule has 0 saturated heterocycles. The van der Waals surface area contributed by atoms with Crippen molar-refractivity contribution in [2.24, 2.45) is 0 Å². The topological polar surface area (TPSA) is 97.2 Å². The average molecular weight is 271 g/mol. The van der Waals surface area contributed by atoms with Crippen molar-refractivity contribution in [2.75, 3.05) is 0 Å². The molecule has 0 spiro atoms. The van der Waals surface area contributed by atoms with Gasteiger partial charge in [0.1, 0.15) is 6.42 Å². The number of aryl methyl sites for hydroxylation is 1. The lowest BCUT2D eigenvalue weighted by molar-refractivity contribution is -0.695. The summed E-state index contributed by atoms with van der Waals surface area (Å²) < 4.78 is 3.17. The van der Waals surface area contributed by atoms with Crippen LogP contribution in [0.2, 0.25) is 0 Å². The molecule has 100 valence electrons. The third-order valence-electron chi connectivity index (χ3n) is 2.84. The monoisotopic (exact) mass is 271 g/mol. The van der Waals surface area contributed by atoms with Gasteiger partial charge >= 0.3 is 5.97 Å². The summed E-state index contributed by atoms with van der Waals surface area (Å²) in [4.78, 5) is 10.5. The fourth-order valence-electron chi connectivity index (χ4n) is 1.81. The molecule has 0 saturated carbocycles. The molecule has 0 aliphatic carbocycles. The van der Waals surface area contributed by atoms with Crippen molar-refractivity contribution in [3.8, 4) is 11.3 Å². The van der Waals surface area contributed by atoms with Crippen molar-refractivity contribution in [3.05, 3.63) is 36.7 Å². The van der Waals surface area contributed by atoms with Crippen molar-refractivity contribution in [2.45, 2.75) is 13.0 Å². The second-order valence-corrected chi connectivity index (χ2v) is 4.21. The van der Waals surface area contributed by atoms with Gasteiger partial charge in [0.25, 0.3) is 0 Å². The Bertz CT molecular complexity index is 752. The number of aliphatic carboxylic acids is 1.